The third-order valence-electron chi connectivity index (χ3n) is 2.38. The van der Waals surface area contributed by atoms with Gasteiger partial charge in [0, 0.05) is 6.20 Å². The number of ether oxygens (including phenoxy) is 1. The Hall–Kier alpha value is -2.35. The number of amides is 1. The first-order chi connectivity index (χ1) is 9.52. The van der Waals surface area contributed by atoms with Gasteiger partial charge in [0.2, 0.25) is 0 Å². The summed E-state index contributed by atoms with van der Waals surface area (Å²) in [5.41, 5.74) is 0.561. The zero-order chi connectivity index (χ0) is 14.7. The molecular weight excluding hydrogens is 330 g/mol. The third-order valence-corrected chi connectivity index (χ3v) is 2.93. The largest absolute Gasteiger partial charge is 0.478 e. The van der Waals surface area contributed by atoms with E-state index in [4.69, 9.17) is 9.84 Å². The molecule has 2 aromatic heterocycles. The topological polar surface area (TPSA) is 92.9 Å². The lowest BCUT2D eigenvalue weighted by Crippen LogP contribution is -2.15. The SMILES string of the molecule is C=CCOC(=O)Nc1c(Br)nc2ccc(C(=O)O)cn12. The van der Waals surface area contributed by atoms with Gasteiger partial charge in [-0.2, -0.15) is 0 Å². The van der Waals surface area contributed by atoms with Gasteiger partial charge in [-0.1, -0.05) is 12.7 Å². The van der Waals surface area contributed by atoms with Crippen molar-refractivity contribution in [3.63, 3.8) is 0 Å². The van der Waals surface area contributed by atoms with Crippen LogP contribution in [0.25, 0.3) is 5.65 Å². The van der Waals surface area contributed by atoms with Crippen LogP contribution in [0.4, 0.5) is 10.6 Å². The van der Waals surface area contributed by atoms with E-state index in [-0.39, 0.29) is 18.0 Å². The number of aromatic nitrogens is 2. The van der Waals surface area contributed by atoms with Crippen molar-refractivity contribution in [3.8, 4) is 0 Å². The van der Waals surface area contributed by atoms with E-state index in [9.17, 15) is 9.59 Å². The first-order valence-corrected chi connectivity index (χ1v) is 6.28. The molecule has 2 aromatic rings. The molecule has 0 aromatic carbocycles. The molecule has 0 atom stereocenters. The molecule has 2 heterocycles. The zero-order valence-electron chi connectivity index (χ0n) is 10.2. The fourth-order valence-electron chi connectivity index (χ4n) is 1.52. The number of hydrogen-bond donors (Lipinski definition) is 2. The van der Waals surface area contributed by atoms with Crippen LogP contribution in [0.1, 0.15) is 10.4 Å². The molecule has 0 radical (unpaired) electrons. The summed E-state index contributed by atoms with van der Waals surface area (Å²) < 4.78 is 6.62. The molecular formula is C12H10BrN3O4. The van der Waals surface area contributed by atoms with Crippen LogP contribution in [0, 0.1) is 0 Å². The Morgan fingerprint density at radius 1 is 1.55 bits per heavy atom. The monoisotopic (exact) mass is 339 g/mol. The molecule has 0 saturated carbocycles. The summed E-state index contributed by atoms with van der Waals surface area (Å²) in [4.78, 5) is 26.6. The highest BCUT2D eigenvalue weighted by molar-refractivity contribution is 9.10. The van der Waals surface area contributed by atoms with Gasteiger partial charge in [-0.3, -0.25) is 9.72 Å². The number of hydrogen-bond acceptors (Lipinski definition) is 4. The van der Waals surface area contributed by atoms with E-state index in [1.54, 1.807) is 0 Å². The molecule has 8 heteroatoms. The summed E-state index contributed by atoms with van der Waals surface area (Å²) >= 11 is 3.20. The molecule has 2 rings (SSSR count). The number of nitrogens with one attached hydrogen (secondary N) is 1. The van der Waals surface area contributed by atoms with E-state index >= 15 is 0 Å². The molecule has 0 saturated heterocycles. The molecule has 20 heavy (non-hydrogen) atoms. The predicted molar refractivity (Wildman–Crippen MR) is 75.0 cm³/mol. The average molecular weight is 340 g/mol. The number of carbonyl (C=O) groups excluding carboxylic acids is 1. The molecule has 7 nitrogen and oxygen atoms in total. The van der Waals surface area contributed by atoms with Crippen molar-refractivity contribution in [1.29, 1.82) is 0 Å². The van der Waals surface area contributed by atoms with Crippen molar-refractivity contribution in [2.45, 2.75) is 0 Å². The van der Waals surface area contributed by atoms with Gasteiger partial charge in [-0.05, 0) is 28.1 Å². The Labute approximate surface area is 122 Å². The van der Waals surface area contributed by atoms with Gasteiger partial charge in [0.1, 0.15) is 16.9 Å². The van der Waals surface area contributed by atoms with Crippen LogP contribution in [0.5, 0.6) is 0 Å². The molecule has 2 N–H and O–H groups in total. The molecule has 0 aliphatic heterocycles. The fourth-order valence-corrected chi connectivity index (χ4v) is 1.99. The minimum Gasteiger partial charge on any atom is -0.478 e. The number of nitrogens with zero attached hydrogens (tertiary/aromatic N) is 2. The van der Waals surface area contributed by atoms with Crippen LogP contribution in [0.2, 0.25) is 0 Å². The number of anilines is 1. The number of carboxylic acid groups (broad SMARTS) is 1. The summed E-state index contributed by atoms with van der Waals surface area (Å²) in [6, 6.07) is 2.96. The van der Waals surface area contributed by atoms with E-state index in [1.165, 1.54) is 28.8 Å². The highest BCUT2D eigenvalue weighted by atomic mass is 79.9. The molecule has 0 aliphatic rings. The molecule has 0 bridgehead atoms. The molecule has 104 valence electrons. The van der Waals surface area contributed by atoms with Gasteiger partial charge < -0.3 is 9.84 Å². The lowest BCUT2D eigenvalue weighted by molar-refractivity contribution is 0.0696. The van der Waals surface area contributed by atoms with E-state index in [2.05, 4.69) is 32.8 Å². The maximum atomic E-state index is 11.5. The highest BCUT2D eigenvalue weighted by Crippen LogP contribution is 2.24. The standard InChI is InChI=1S/C12H10BrN3O4/c1-2-5-20-12(19)15-10-9(13)14-8-4-3-7(11(17)18)6-16(8)10/h2-4,6H,1,5H2,(H,15,19)(H,17,18). The number of fused-ring (bicyclic) bond motifs is 1. The van der Waals surface area contributed by atoms with E-state index in [0.29, 0.717) is 10.3 Å². The number of rotatable bonds is 4. The Balaban J connectivity index is 2.38. The van der Waals surface area contributed by atoms with Crippen molar-refractivity contribution in [2.75, 3.05) is 11.9 Å². The second-order valence-corrected chi connectivity index (χ2v) is 4.47. The fraction of sp³-hybridized carbons (Fsp3) is 0.0833. The van der Waals surface area contributed by atoms with Crippen LogP contribution in [-0.2, 0) is 4.74 Å². The number of pyridine rings is 1. The second-order valence-electron chi connectivity index (χ2n) is 3.71. The molecule has 0 unspecified atom stereocenters. The van der Waals surface area contributed by atoms with Gasteiger partial charge in [0.15, 0.2) is 5.82 Å². The summed E-state index contributed by atoms with van der Waals surface area (Å²) in [5.74, 6) is -0.783. The van der Waals surface area contributed by atoms with Crippen LogP contribution in [0.15, 0.2) is 35.6 Å². The summed E-state index contributed by atoms with van der Waals surface area (Å²) in [5, 5.41) is 11.5. The number of aromatic carboxylic acids is 1. The smallest absolute Gasteiger partial charge is 0.413 e. The molecule has 1 amide bonds. The van der Waals surface area contributed by atoms with Gasteiger partial charge in [0.05, 0.1) is 5.56 Å². The Bertz CT molecular complexity index is 695. The lowest BCUT2D eigenvalue weighted by Gasteiger charge is -2.06. The quantitative estimate of drug-likeness (QED) is 0.835. The molecule has 0 fully saturated rings. The molecule has 0 spiro atoms. The third kappa shape index (κ3) is 2.80. The number of carbonyl (C=O) groups is 2. The minimum atomic E-state index is -1.07. The van der Waals surface area contributed by atoms with E-state index in [1.807, 2.05) is 0 Å². The van der Waals surface area contributed by atoms with Crippen molar-refractivity contribution in [3.05, 3.63) is 41.2 Å². The summed E-state index contributed by atoms with van der Waals surface area (Å²) in [7, 11) is 0. The number of halogens is 1. The maximum absolute atomic E-state index is 11.5. The first-order valence-electron chi connectivity index (χ1n) is 5.48. The van der Waals surface area contributed by atoms with Crippen LogP contribution >= 0.6 is 15.9 Å². The van der Waals surface area contributed by atoms with E-state index in [0.717, 1.165) is 0 Å². The average Bonchev–Trinajstić information content (AvgIpc) is 2.72. The van der Waals surface area contributed by atoms with Crippen LogP contribution < -0.4 is 5.32 Å². The predicted octanol–water partition coefficient (Wildman–Crippen LogP) is 2.53. The van der Waals surface area contributed by atoms with Gasteiger partial charge in [-0.15, -0.1) is 0 Å². The van der Waals surface area contributed by atoms with Gasteiger partial charge >= 0.3 is 12.1 Å². The van der Waals surface area contributed by atoms with E-state index < -0.39 is 12.1 Å². The van der Waals surface area contributed by atoms with Crippen molar-refractivity contribution in [1.82, 2.24) is 9.38 Å². The first kappa shape index (κ1) is 14.1. The lowest BCUT2D eigenvalue weighted by atomic mass is 10.3. The Morgan fingerprint density at radius 3 is 2.95 bits per heavy atom. The number of carboxylic acids is 1. The highest BCUT2D eigenvalue weighted by Gasteiger charge is 2.15. The van der Waals surface area contributed by atoms with Gasteiger partial charge in [-0.25, -0.2) is 14.6 Å². The van der Waals surface area contributed by atoms with Crippen molar-refractivity contribution >= 4 is 39.5 Å². The maximum Gasteiger partial charge on any atom is 0.413 e. The van der Waals surface area contributed by atoms with Crippen molar-refractivity contribution in [2.24, 2.45) is 0 Å². The minimum absolute atomic E-state index is 0.0700. The zero-order valence-corrected chi connectivity index (χ0v) is 11.8. The second kappa shape index (κ2) is 5.74. The normalized spacial score (nSPS) is 10.2. The summed E-state index contributed by atoms with van der Waals surface area (Å²) in [6.07, 6.45) is 2.11. The Morgan fingerprint density at radius 2 is 2.30 bits per heavy atom. The Kier molecular flexibility index (Phi) is 4.04. The van der Waals surface area contributed by atoms with Crippen LogP contribution in [0.3, 0.4) is 0 Å². The van der Waals surface area contributed by atoms with Crippen molar-refractivity contribution < 1.29 is 19.4 Å². The summed E-state index contributed by atoms with van der Waals surface area (Å²) in [6.45, 7) is 3.50. The van der Waals surface area contributed by atoms with Crippen LogP contribution in [-0.4, -0.2) is 33.2 Å². The van der Waals surface area contributed by atoms with Gasteiger partial charge in [0.25, 0.3) is 0 Å². The number of imidazole rings is 1. The molecule has 0 aliphatic carbocycles.